The van der Waals surface area contributed by atoms with Gasteiger partial charge in [-0.2, -0.15) is 0 Å². The van der Waals surface area contributed by atoms with Gasteiger partial charge in [-0.25, -0.2) is 13.6 Å². The van der Waals surface area contributed by atoms with Gasteiger partial charge in [0.25, 0.3) is 15.9 Å². The number of nitrogens with two attached hydrogens (primary N) is 1. The normalized spacial score (nSPS) is 19.4. The average molecular weight is 287 g/mol. The van der Waals surface area contributed by atoms with Gasteiger partial charge in [0.1, 0.15) is 6.26 Å². The third-order valence-electron chi connectivity index (χ3n) is 2.96. The number of furan rings is 1. The Morgan fingerprint density at radius 2 is 2.21 bits per heavy atom. The number of piperazine rings is 1. The van der Waals surface area contributed by atoms with Crippen molar-refractivity contribution in [3.05, 3.63) is 17.9 Å². The van der Waals surface area contributed by atoms with Crippen LogP contribution in [0.5, 0.6) is 0 Å². The van der Waals surface area contributed by atoms with E-state index in [2.05, 4.69) is 5.32 Å². The number of sulfonamides is 1. The minimum Gasteiger partial charge on any atom is -0.451 e. The molecule has 3 N–H and O–H groups in total. The molecule has 2 heterocycles. The van der Waals surface area contributed by atoms with Gasteiger partial charge in [-0.05, 0) is 13.8 Å². The molecule has 0 aliphatic carbocycles. The molecule has 0 aromatic carbocycles. The Bertz CT molecular complexity index is 591. The minimum atomic E-state index is -3.92. The molecule has 2 rings (SSSR count). The molecule has 106 valence electrons. The number of nitrogens with zero attached hydrogens (tertiary/aromatic N) is 1. The second kappa shape index (κ2) is 4.62. The second-order valence-electron chi connectivity index (χ2n) is 5.24. The summed E-state index contributed by atoms with van der Waals surface area (Å²) in [6.45, 7) is 5.80. The first-order valence-electron chi connectivity index (χ1n) is 5.85. The van der Waals surface area contributed by atoms with Gasteiger partial charge in [0, 0.05) is 31.2 Å². The lowest BCUT2D eigenvalue weighted by Crippen LogP contribution is -2.58. The summed E-state index contributed by atoms with van der Waals surface area (Å²) < 4.78 is 27.0. The van der Waals surface area contributed by atoms with Crippen LogP contribution in [0.3, 0.4) is 0 Å². The largest absolute Gasteiger partial charge is 0.451 e. The molecule has 0 radical (unpaired) electrons. The zero-order valence-electron chi connectivity index (χ0n) is 10.8. The topological polar surface area (TPSA) is 106 Å². The molecule has 0 atom stereocenters. The van der Waals surface area contributed by atoms with E-state index in [1.165, 1.54) is 0 Å². The van der Waals surface area contributed by atoms with Crippen LogP contribution < -0.4 is 10.5 Å². The summed E-state index contributed by atoms with van der Waals surface area (Å²) in [5, 5.41) is 7.83. The monoisotopic (exact) mass is 287 g/mol. The Morgan fingerprint density at radius 1 is 1.53 bits per heavy atom. The molecule has 1 saturated heterocycles. The van der Waals surface area contributed by atoms with Crippen molar-refractivity contribution in [2.24, 2.45) is 5.14 Å². The lowest BCUT2D eigenvalue weighted by molar-refractivity contribution is 0.0651. The Balaban J connectivity index is 2.18. The highest BCUT2D eigenvalue weighted by atomic mass is 32.2. The summed E-state index contributed by atoms with van der Waals surface area (Å²) >= 11 is 0. The third-order valence-corrected chi connectivity index (χ3v) is 3.74. The molecule has 1 aromatic rings. The molecule has 1 aromatic heterocycles. The standard InChI is InChI=1S/C11H17N3O4S/c1-11(2)7-14(4-3-13-11)10(15)8-5-9(18-6-8)19(12,16)17/h5-6,13H,3-4,7H2,1-2H3,(H2,12,16,17). The number of hydrogen-bond donors (Lipinski definition) is 2. The van der Waals surface area contributed by atoms with E-state index >= 15 is 0 Å². The lowest BCUT2D eigenvalue weighted by Gasteiger charge is -2.38. The maximum Gasteiger partial charge on any atom is 0.271 e. The fourth-order valence-corrected chi connectivity index (χ4v) is 2.55. The number of carbonyl (C=O) groups is 1. The summed E-state index contributed by atoms with van der Waals surface area (Å²) in [4.78, 5) is 13.9. The molecular formula is C11H17N3O4S. The van der Waals surface area contributed by atoms with E-state index in [1.54, 1.807) is 4.90 Å². The van der Waals surface area contributed by atoms with Crippen molar-refractivity contribution >= 4 is 15.9 Å². The maximum absolute atomic E-state index is 12.2. The molecule has 1 amide bonds. The second-order valence-corrected chi connectivity index (χ2v) is 6.73. The maximum atomic E-state index is 12.2. The van der Waals surface area contributed by atoms with Crippen molar-refractivity contribution in [2.45, 2.75) is 24.5 Å². The fourth-order valence-electron chi connectivity index (χ4n) is 2.08. The van der Waals surface area contributed by atoms with Gasteiger partial charge in [0.2, 0.25) is 5.09 Å². The zero-order chi connectivity index (χ0) is 14.3. The van der Waals surface area contributed by atoms with E-state index in [-0.39, 0.29) is 17.0 Å². The SMILES string of the molecule is CC1(C)CN(C(=O)c2coc(S(N)(=O)=O)c2)CCN1. The Hall–Kier alpha value is -1.38. The van der Waals surface area contributed by atoms with Crippen LogP contribution in [0.25, 0.3) is 0 Å². The molecule has 1 fully saturated rings. The van der Waals surface area contributed by atoms with Crippen molar-refractivity contribution in [1.82, 2.24) is 10.2 Å². The van der Waals surface area contributed by atoms with Gasteiger partial charge in [0.05, 0.1) is 5.56 Å². The molecule has 0 bridgehead atoms. The quantitative estimate of drug-likeness (QED) is 0.780. The van der Waals surface area contributed by atoms with Crippen molar-refractivity contribution < 1.29 is 17.6 Å². The predicted molar refractivity (Wildman–Crippen MR) is 68.1 cm³/mol. The zero-order valence-corrected chi connectivity index (χ0v) is 11.7. The first kappa shape index (κ1) is 14.0. The smallest absolute Gasteiger partial charge is 0.271 e. The molecule has 0 saturated carbocycles. The van der Waals surface area contributed by atoms with Gasteiger partial charge >= 0.3 is 0 Å². The average Bonchev–Trinajstić information content (AvgIpc) is 2.75. The molecular weight excluding hydrogens is 270 g/mol. The van der Waals surface area contributed by atoms with Crippen molar-refractivity contribution in [2.75, 3.05) is 19.6 Å². The Labute approximate surface area is 111 Å². The molecule has 0 unspecified atom stereocenters. The number of hydrogen-bond acceptors (Lipinski definition) is 5. The van der Waals surface area contributed by atoms with Gasteiger partial charge in [-0.15, -0.1) is 0 Å². The van der Waals surface area contributed by atoms with Crippen molar-refractivity contribution in [3.8, 4) is 0 Å². The summed E-state index contributed by atoms with van der Waals surface area (Å²) in [5.41, 5.74) is 0.0298. The summed E-state index contributed by atoms with van der Waals surface area (Å²) in [5.74, 6) is -0.256. The number of rotatable bonds is 2. The minimum absolute atomic E-state index is 0.166. The lowest BCUT2D eigenvalue weighted by atomic mass is 10.0. The molecule has 1 aliphatic rings. The van der Waals surface area contributed by atoms with Crippen LogP contribution in [0.4, 0.5) is 0 Å². The van der Waals surface area contributed by atoms with E-state index in [4.69, 9.17) is 9.56 Å². The van der Waals surface area contributed by atoms with Crippen LogP contribution in [0.15, 0.2) is 21.8 Å². The molecule has 19 heavy (non-hydrogen) atoms. The van der Waals surface area contributed by atoms with E-state index < -0.39 is 15.1 Å². The van der Waals surface area contributed by atoms with Gasteiger partial charge in [-0.1, -0.05) is 0 Å². The number of nitrogens with one attached hydrogen (secondary N) is 1. The highest BCUT2D eigenvalue weighted by molar-refractivity contribution is 7.89. The van der Waals surface area contributed by atoms with Crippen LogP contribution >= 0.6 is 0 Å². The van der Waals surface area contributed by atoms with Crippen molar-refractivity contribution in [1.29, 1.82) is 0 Å². The first-order valence-corrected chi connectivity index (χ1v) is 7.39. The number of amides is 1. The van der Waals surface area contributed by atoms with Gasteiger partial charge in [0.15, 0.2) is 0 Å². The van der Waals surface area contributed by atoms with Gasteiger partial charge < -0.3 is 14.6 Å². The Morgan fingerprint density at radius 3 is 2.74 bits per heavy atom. The van der Waals surface area contributed by atoms with E-state index in [1.807, 2.05) is 13.8 Å². The van der Waals surface area contributed by atoms with Crippen LogP contribution in [0.2, 0.25) is 0 Å². The molecule has 7 nitrogen and oxygen atoms in total. The summed E-state index contributed by atoms with van der Waals surface area (Å²) in [6.07, 6.45) is 1.12. The molecule has 8 heteroatoms. The highest BCUT2D eigenvalue weighted by Crippen LogP contribution is 2.17. The van der Waals surface area contributed by atoms with Crippen molar-refractivity contribution in [3.63, 3.8) is 0 Å². The molecule has 1 aliphatic heterocycles. The Kier molecular flexibility index (Phi) is 3.41. The first-order chi connectivity index (χ1) is 8.69. The fraction of sp³-hybridized carbons (Fsp3) is 0.545. The summed E-state index contributed by atoms with van der Waals surface area (Å²) in [6, 6.07) is 1.16. The van der Waals surface area contributed by atoms with Crippen LogP contribution in [-0.4, -0.2) is 44.4 Å². The van der Waals surface area contributed by atoms with Crippen LogP contribution in [0.1, 0.15) is 24.2 Å². The van der Waals surface area contributed by atoms with Crippen LogP contribution in [-0.2, 0) is 10.0 Å². The number of carbonyl (C=O) groups excluding carboxylic acids is 1. The summed E-state index contributed by atoms with van der Waals surface area (Å²) in [7, 11) is -3.92. The van der Waals surface area contributed by atoms with E-state index in [0.717, 1.165) is 12.3 Å². The molecule has 0 spiro atoms. The van der Waals surface area contributed by atoms with Gasteiger partial charge in [-0.3, -0.25) is 4.79 Å². The highest BCUT2D eigenvalue weighted by Gasteiger charge is 2.30. The van der Waals surface area contributed by atoms with Crippen LogP contribution in [0, 0.1) is 0 Å². The number of primary sulfonamides is 1. The third kappa shape index (κ3) is 3.14. The van der Waals surface area contributed by atoms with E-state index in [0.29, 0.717) is 19.6 Å². The predicted octanol–water partition coefficient (Wildman–Crippen LogP) is -0.249. The van der Waals surface area contributed by atoms with E-state index in [9.17, 15) is 13.2 Å².